The number of anilines is 1. The first-order valence-corrected chi connectivity index (χ1v) is 11.8. The molecular formula is C25H29ClF3N3O3. The normalized spacial score (nSPS) is 24.5. The van der Waals surface area contributed by atoms with Gasteiger partial charge in [0.05, 0.1) is 30.5 Å². The topological polar surface area (TPSA) is 62.8 Å². The second kappa shape index (κ2) is 9.78. The predicted octanol–water partition coefficient (Wildman–Crippen LogP) is 5.69. The Hall–Kier alpha value is -2.65. The summed E-state index contributed by atoms with van der Waals surface area (Å²) in [4.78, 5) is 15.0. The SMILES string of the molecule is COc1ccc(C23CCC(NC(=O)Nc4cc(C(F)(F)F)ccc4Cl)CC2N(C)CC3)cc1OC. The summed E-state index contributed by atoms with van der Waals surface area (Å²) in [7, 11) is 5.31. The Kier molecular flexibility index (Phi) is 7.11. The standard InChI is InChI=1S/C25H29ClF3N3O3/c1-32-11-10-24(15-5-7-20(34-2)21(13-15)35-3)9-8-17(14-22(24)32)30-23(33)31-19-12-16(25(27,28)29)4-6-18(19)26/h4-7,12-13,17,22H,8-11,14H2,1-3H3,(H2,30,31,33). The summed E-state index contributed by atoms with van der Waals surface area (Å²) in [5, 5.41) is 5.46. The van der Waals surface area contributed by atoms with Crippen LogP contribution in [-0.4, -0.2) is 50.8 Å². The van der Waals surface area contributed by atoms with Crippen LogP contribution < -0.4 is 20.1 Å². The van der Waals surface area contributed by atoms with Gasteiger partial charge in [-0.05, 0) is 75.2 Å². The number of nitrogens with zero attached hydrogens (tertiary/aromatic N) is 1. The van der Waals surface area contributed by atoms with Crippen LogP contribution in [0.5, 0.6) is 11.5 Å². The van der Waals surface area contributed by atoms with E-state index in [4.69, 9.17) is 21.1 Å². The largest absolute Gasteiger partial charge is 0.493 e. The molecule has 0 radical (unpaired) electrons. The average Bonchev–Trinajstić information content (AvgIpc) is 3.16. The van der Waals surface area contributed by atoms with E-state index >= 15 is 0 Å². The van der Waals surface area contributed by atoms with Crippen LogP contribution in [0, 0.1) is 0 Å². The summed E-state index contributed by atoms with van der Waals surface area (Å²) in [6.45, 7) is 0.928. The first-order chi connectivity index (χ1) is 16.6. The highest BCUT2D eigenvalue weighted by molar-refractivity contribution is 6.33. The Morgan fingerprint density at radius 1 is 1.11 bits per heavy atom. The van der Waals surface area contributed by atoms with Crippen molar-refractivity contribution in [3.05, 3.63) is 52.5 Å². The van der Waals surface area contributed by atoms with Gasteiger partial charge in [-0.3, -0.25) is 0 Å². The molecule has 1 saturated carbocycles. The number of carbonyl (C=O) groups excluding carboxylic acids is 1. The molecular weight excluding hydrogens is 483 g/mol. The minimum atomic E-state index is -4.53. The Balaban J connectivity index is 1.48. The third-order valence-electron chi connectivity index (χ3n) is 7.36. The minimum Gasteiger partial charge on any atom is -0.493 e. The van der Waals surface area contributed by atoms with Crippen LogP contribution in [0.4, 0.5) is 23.7 Å². The van der Waals surface area contributed by atoms with Crippen molar-refractivity contribution in [3.8, 4) is 11.5 Å². The Labute approximate surface area is 207 Å². The molecule has 2 N–H and O–H groups in total. The number of benzene rings is 2. The Morgan fingerprint density at radius 2 is 1.86 bits per heavy atom. The number of rotatable bonds is 5. The van der Waals surface area contributed by atoms with Crippen molar-refractivity contribution in [3.63, 3.8) is 0 Å². The molecule has 190 valence electrons. The molecule has 1 aliphatic carbocycles. The summed E-state index contributed by atoms with van der Waals surface area (Å²) in [6, 6.07) is 8.41. The number of carbonyl (C=O) groups is 1. The first-order valence-electron chi connectivity index (χ1n) is 11.4. The summed E-state index contributed by atoms with van der Waals surface area (Å²) in [6.07, 6.45) is -1.23. The maximum atomic E-state index is 13.0. The lowest BCUT2D eigenvalue weighted by atomic mass is 9.65. The quantitative estimate of drug-likeness (QED) is 0.541. The van der Waals surface area contributed by atoms with Gasteiger partial charge in [-0.2, -0.15) is 13.2 Å². The van der Waals surface area contributed by atoms with Crippen LogP contribution in [0.3, 0.4) is 0 Å². The Morgan fingerprint density at radius 3 is 2.54 bits per heavy atom. The highest BCUT2D eigenvalue weighted by Gasteiger charge is 2.50. The van der Waals surface area contributed by atoms with Crippen LogP contribution in [0.25, 0.3) is 0 Å². The lowest BCUT2D eigenvalue weighted by molar-refractivity contribution is -0.137. The first kappa shape index (κ1) is 25.4. The fourth-order valence-corrected chi connectivity index (χ4v) is 5.70. The van der Waals surface area contributed by atoms with Gasteiger partial charge >= 0.3 is 12.2 Å². The van der Waals surface area contributed by atoms with Crippen molar-refractivity contribution in [2.75, 3.05) is 33.1 Å². The van der Waals surface area contributed by atoms with Gasteiger partial charge in [0.1, 0.15) is 0 Å². The molecule has 1 aliphatic heterocycles. The molecule has 0 spiro atoms. The number of urea groups is 1. The summed E-state index contributed by atoms with van der Waals surface area (Å²) in [5.74, 6) is 1.36. The predicted molar refractivity (Wildman–Crippen MR) is 129 cm³/mol. The lowest BCUT2D eigenvalue weighted by Gasteiger charge is -2.45. The van der Waals surface area contributed by atoms with E-state index in [0.29, 0.717) is 17.9 Å². The van der Waals surface area contributed by atoms with Crippen molar-refractivity contribution in [2.24, 2.45) is 0 Å². The van der Waals surface area contributed by atoms with Gasteiger partial charge in [0.25, 0.3) is 0 Å². The lowest BCUT2D eigenvalue weighted by Crippen LogP contribution is -2.52. The van der Waals surface area contributed by atoms with Gasteiger partial charge in [-0.1, -0.05) is 17.7 Å². The third-order valence-corrected chi connectivity index (χ3v) is 7.69. The van der Waals surface area contributed by atoms with E-state index < -0.39 is 17.8 Å². The minimum absolute atomic E-state index is 0.0415. The molecule has 2 aromatic rings. The fourth-order valence-electron chi connectivity index (χ4n) is 5.54. The van der Waals surface area contributed by atoms with Crippen molar-refractivity contribution in [2.45, 2.75) is 49.4 Å². The third kappa shape index (κ3) is 5.02. The Bertz CT molecular complexity index is 1100. The van der Waals surface area contributed by atoms with Gasteiger partial charge in [-0.15, -0.1) is 0 Å². The van der Waals surface area contributed by atoms with Crippen LogP contribution in [0.1, 0.15) is 36.8 Å². The second-order valence-corrected chi connectivity index (χ2v) is 9.64. The number of halogens is 4. The van der Waals surface area contributed by atoms with E-state index in [2.05, 4.69) is 28.6 Å². The molecule has 2 amide bonds. The fraction of sp³-hybridized carbons (Fsp3) is 0.480. The van der Waals surface area contributed by atoms with Crippen LogP contribution in [0.2, 0.25) is 5.02 Å². The highest BCUT2D eigenvalue weighted by Crippen LogP contribution is 2.50. The zero-order chi connectivity index (χ0) is 25.4. The number of hydrogen-bond acceptors (Lipinski definition) is 4. The second-order valence-electron chi connectivity index (χ2n) is 9.23. The van der Waals surface area contributed by atoms with Crippen LogP contribution >= 0.6 is 11.6 Å². The van der Waals surface area contributed by atoms with E-state index in [9.17, 15) is 18.0 Å². The smallest absolute Gasteiger partial charge is 0.416 e. The van der Waals surface area contributed by atoms with Gasteiger partial charge < -0.3 is 25.0 Å². The van der Waals surface area contributed by atoms with E-state index in [0.717, 1.165) is 44.0 Å². The maximum absolute atomic E-state index is 13.0. The molecule has 0 aromatic heterocycles. The average molecular weight is 512 g/mol. The number of likely N-dealkylation sites (N-methyl/N-ethyl adjacent to an activating group) is 1. The van der Waals surface area contributed by atoms with E-state index in [1.54, 1.807) is 14.2 Å². The number of amides is 2. The molecule has 0 bridgehead atoms. The molecule has 1 saturated heterocycles. The van der Waals surface area contributed by atoms with Gasteiger partial charge in [0.2, 0.25) is 0 Å². The van der Waals surface area contributed by atoms with Crippen molar-refractivity contribution in [1.29, 1.82) is 0 Å². The molecule has 3 unspecified atom stereocenters. The van der Waals surface area contributed by atoms with E-state index in [-0.39, 0.29) is 28.2 Å². The highest BCUT2D eigenvalue weighted by atomic mass is 35.5. The number of nitrogens with one attached hydrogen (secondary N) is 2. The molecule has 3 atom stereocenters. The number of fused-ring (bicyclic) bond motifs is 1. The molecule has 2 fully saturated rings. The van der Waals surface area contributed by atoms with Crippen LogP contribution in [0.15, 0.2) is 36.4 Å². The van der Waals surface area contributed by atoms with Gasteiger partial charge in [-0.25, -0.2) is 4.79 Å². The monoisotopic (exact) mass is 511 g/mol. The van der Waals surface area contributed by atoms with Crippen molar-refractivity contribution < 1.29 is 27.4 Å². The maximum Gasteiger partial charge on any atom is 0.416 e. The summed E-state index contributed by atoms with van der Waals surface area (Å²) >= 11 is 6.02. The molecule has 2 aliphatic rings. The number of hydrogen-bond donors (Lipinski definition) is 2. The van der Waals surface area contributed by atoms with E-state index in [1.165, 1.54) is 5.56 Å². The number of alkyl halides is 3. The summed E-state index contributed by atoms with van der Waals surface area (Å²) in [5.41, 5.74) is 0.158. The van der Waals surface area contributed by atoms with Crippen molar-refractivity contribution in [1.82, 2.24) is 10.2 Å². The number of ether oxygens (including phenoxy) is 2. The molecule has 1 heterocycles. The molecule has 35 heavy (non-hydrogen) atoms. The number of methoxy groups -OCH3 is 2. The molecule has 2 aromatic carbocycles. The molecule has 10 heteroatoms. The molecule has 4 rings (SSSR count). The zero-order valence-corrected chi connectivity index (χ0v) is 20.6. The molecule has 6 nitrogen and oxygen atoms in total. The summed E-state index contributed by atoms with van der Waals surface area (Å²) < 4.78 is 50.1. The van der Waals surface area contributed by atoms with E-state index in [1.807, 2.05) is 12.1 Å². The van der Waals surface area contributed by atoms with Crippen molar-refractivity contribution >= 4 is 23.3 Å². The van der Waals surface area contributed by atoms with Gasteiger partial charge in [0, 0.05) is 17.5 Å². The zero-order valence-electron chi connectivity index (χ0n) is 19.8. The number of likely N-dealkylation sites (tertiary alicyclic amines) is 1. The van der Waals surface area contributed by atoms with Crippen LogP contribution in [-0.2, 0) is 11.6 Å². The van der Waals surface area contributed by atoms with Gasteiger partial charge in [0.15, 0.2) is 11.5 Å².